The van der Waals surface area contributed by atoms with Gasteiger partial charge in [0.05, 0.1) is 6.10 Å². The van der Waals surface area contributed by atoms with Gasteiger partial charge in [-0.2, -0.15) is 0 Å². The molecule has 0 radical (unpaired) electrons. The van der Waals surface area contributed by atoms with Crippen LogP contribution in [0, 0.1) is 5.82 Å². The van der Waals surface area contributed by atoms with Crippen LogP contribution in [0.25, 0.3) is 0 Å². The Morgan fingerprint density at radius 2 is 2.06 bits per heavy atom. The number of hydrogen-bond acceptors (Lipinski definition) is 2. The van der Waals surface area contributed by atoms with E-state index in [1.54, 1.807) is 18.2 Å². The van der Waals surface area contributed by atoms with E-state index in [2.05, 4.69) is 12.2 Å². The van der Waals surface area contributed by atoms with Gasteiger partial charge in [0.25, 0.3) is 0 Å². The minimum atomic E-state index is -0.288. The number of rotatable bonds is 8. The molecule has 1 rings (SSSR count). The molecule has 0 aliphatic rings. The number of benzene rings is 1. The van der Waals surface area contributed by atoms with Gasteiger partial charge in [0.15, 0.2) is 11.6 Å². The second kappa shape index (κ2) is 8.07. The third kappa shape index (κ3) is 5.68. The summed E-state index contributed by atoms with van der Waals surface area (Å²) in [5.74, 6) is 0.0602. The molecule has 1 aromatic carbocycles. The van der Waals surface area contributed by atoms with Gasteiger partial charge >= 0.3 is 0 Å². The van der Waals surface area contributed by atoms with E-state index in [1.807, 2.05) is 6.92 Å². The van der Waals surface area contributed by atoms with Crippen molar-refractivity contribution in [3.05, 3.63) is 30.1 Å². The predicted octanol–water partition coefficient (Wildman–Crippen LogP) is 3.37. The van der Waals surface area contributed by atoms with Crippen LogP contribution >= 0.6 is 0 Å². The van der Waals surface area contributed by atoms with E-state index < -0.39 is 0 Å². The lowest BCUT2D eigenvalue weighted by Gasteiger charge is -2.15. The van der Waals surface area contributed by atoms with E-state index >= 15 is 0 Å². The van der Waals surface area contributed by atoms with Crippen LogP contribution in [0.2, 0.25) is 0 Å². The number of para-hydroxylation sites is 1. The van der Waals surface area contributed by atoms with Crippen molar-refractivity contribution in [1.29, 1.82) is 0 Å². The Hall–Kier alpha value is -1.09. The fourth-order valence-corrected chi connectivity index (χ4v) is 1.63. The van der Waals surface area contributed by atoms with Gasteiger partial charge in [0.1, 0.15) is 0 Å². The molecular weight excluding hydrogens is 217 g/mol. The number of halogens is 1. The second-order valence-corrected chi connectivity index (χ2v) is 4.25. The molecule has 3 heteroatoms. The molecule has 1 aromatic rings. The first kappa shape index (κ1) is 14.0. The molecule has 1 atom stereocenters. The standard InChI is InChI=1S/C14H22FNO/c1-3-10-16-11-6-7-12(2)17-14-9-5-4-8-13(14)15/h4-5,8-9,12,16H,3,6-7,10-11H2,1-2H3. The highest BCUT2D eigenvalue weighted by atomic mass is 19.1. The van der Waals surface area contributed by atoms with Crippen molar-refractivity contribution in [2.24, 2.45) is 0 Å². The van der Waals surface area contributed by atoms with Crippen LogP contribution in [0.1, 0.15) is 33.1 Å². The molecule has 0 aliphatic heterocycles. The quantitative estimate of drug-likeness (QED) is 0.702. The van der Waals surface area contributed by atoms with E-state index in [-0.39, 0.29) is 11.9 Å². The molecule has 0 aromatic heterocycles. The first-order valence-corrected chi connectivity index (χ1v) is 6.36. The Balaban J connectivity index is 2.21. The van der Waals surface area contributed by atoms with Gasteiger partial charge < -0.3 is 10.1 Å². The Morgan fingerprint density at radius 1 is 1.29 bits per heavy atom. The van der Waals surface area contributed by atoms with Crippen molar-refractivity contribution in [2.75, 3.05) is 13.1 Å². The lowest BCUT2D eigenvalue weighted by atomic mass is 10.2. The molecule has 0 amide bonds. The van der Waals surface area contributed by atoms with Crippen molar-refractivity contribution >= 4 is 0 Å². The van der Waals surface area contributed by atoms with Gasteiger partial charge in [-0.05, 0) is 51.4 Å². The van der Waals surface area contributed by atoms with E-state index in [1.165, 1.54) is 6.07 Å². The monoisotopic (exact) mass is 239 g/mol. The molecule has 0 aliphatic carbocycles. The summed E-state index contributed by atoms with van der Waals surface area (Å²) in [5.41, 5.74) is 0. The third-order valence-corrected chi connectivity index (χ3v) is 2.56. The zero-order chi connectivity index (χ0) is 12.5. The number of nitrogens with one attached hydrogen (secondary N) is 1. The highest BCUT2D eigenvalue weighted by Gasteiger charge is 2.07. The van der Waals surface area contributed by atoms with Crippen LogP contribution in [0.4, 0.5) is 4.39 Å². The summed E-state index contributed by atoms with van der Waals surface area (Å²) in [5, 5.41) is 3.34. The highest BCUT2D eigenvalue weighted by molar-refractivity contribution is 5.23. The Kier molecular flexibility index (Phi) is 6.63. The normalized spacial score (nSPS) is 12.4. The third-order valence-electron chi connectivity index (χ3n) is 2.56. The maximum Gasteiger partial charge on any atom is 0.165 e. The topological polar surface area (TPSA) is 21.3 Å². The van der Waals surface area contributed by atoms with Crippen molar-refractivity contribution in [3.63, 3.8) is 0 Å². The zero-order valence-electron chi connectivity index (χ0n) is 10.7. The summed E-state index contributed by atoms with van der Waals surface area (Å²) in [4.78, 5) is 0. The first-order valence-electron chi connectivity index (χ1n) is 6.36. The Morgan fingerprint density at radius 3 is 2.76 bits per heavy atom. The van der Waals surface area contributed by atoms with E-state index in [4.69, 9.17) is 4.74 Å². The smallest absolute Gasteiger partial charge is 0.165 e. The van der Waals surface area contributed by atoms with Crippen LogP contribution in [0.15, 0.2) is 24.3 Å². The summed E-state index contributed by atoms with van der Waals surface area (Å²) in [6, 6.07) is 6.54. The van der Waals surface area contributed by atoms with Crippen LogP contribution in [0.3, 0.4) is 0 Å². The molecule has 96 valence electrons. The molecule has 0 bridgehead atoms. The Bertz CT molecular complexity index is 317. The Labute approximate surface area is 103 Å². The summed E-state index contributed by atoms with van der Waals surface area (Å²) in [7, 11) is 0. The highest BCUT2D eigenvalue weighted by Crippen LogP contribution is 2.18. The first-order chi connectivity index (χ1) is 8.24. The van der Waals surface area contributed by atoms with Crippen LogP contribution in [0.5, 0.6) is 5.75 Å². The van der Waals surface area contributed by atoms with Gasteiger partial charge in [-0.15, -0.1) is 0 Å². The molecule has 0 fully saturated rings. The van der Waals surface area contributed by atoms with E-state index in [9.17, 15) is 4.39 Å². The summed E-state index contributed by atoms with van der Waals surface area (Å²) >= 11 is 0. The average molecular weight is 239 g/mol. The predicted molar refractivity (Wildman–Crippen MR) is 68.9 cm³/mol. The fourth-order valence-electron chi connectivity index (χ4n) is 1.63. The van der Waals surface area contributed by atoms with E-state index in [0.717, 1.165) is 32.4 Å². The zero-order valence-corrected chi connectivity index (χ0v) is 10.7. The summed E-state index contributed by atoms with van der Waals surface area (Å²) in [6.07, 6.45) is 3.19. The molecule has 2 nitrogen and oxygen atoms in total. The minimum Gasteiger partial charge on any atom is -0.488 e. The molecule has 1 unspecified atom stereocenters. The van der Waals surface area contributed by atoms with Crippen LogP contribution in [-0.2, 0) is 0 Å². The summed E-state index contributed by atoms with van der Waals surface area (Å²) in [6.45, 7) is 6.19. The molecule has 0 saturated carbocycles. The molecule has 0 heterocycles. The van der Waals surface area contributed by atoms with Crippen molar-refractivity contribution in [3.8, 4) is 5.75 Å². The van der Waals surface area contributed by atoms with Crippen LogP contribution in [-0.4, -0.2) is 19.2 Å². The molecule has 0 spiro atoms. The van der Waals surface area contributed by atoms with Crippen molar-refractivity contribution in [2.45, 2.75) is 39.2 Å². The van der Waals surface area contributed by atoms with Crippen LogP contribution < -0.4 is 10.1 Å². The number of hydrogen-bond donors (Lipinski definition) is 1. The summed E-state index contributed by atoms with van der Waals surface area (Å²) < 4.78 is 18.9. The average Bonchev–Trinajstić information content (AvgIpc) is 2.32. The second-order valence-electron chi connectivity index (χ2n) is 4.25. The molecular formula is C14H22FNO. The van der Waals surface area contributed by atoms with Gasteiger partial charge in [-0.1, -0.05) is 19.1 Å². The molecule has 1 N–H and O–H groups in total. The minimum absolute atomic E-state index is 0.0512. The van der Waals surface area contributed by atoms with Crippen molar-refractivity contribution in [1.82, 2.24) is 5.32 Å². The van der Waals surface area contributed by atoms with Gasteiger partial charge in [-0.3, -0.25) is 0 Å². The lowest BCUT2D eigenvalue weighted by Crippen LogP contribution is -2.19. The van der Waals surface area contributed by atoms with Gasteiger partial charge in [0.2, 0.25) is 0 Å². The van der Waals surface area contributed by atoms with E-state index in [0.29, 0.717) is 5.75 Å². The number of ether oxygens (including phenoxy) is 1. The molecule has 0 saturated heterocycles. The van der Waals surface area contributed by atoms with Gasteiger partial charge in [-0.25, -0.2) is 4.39 Å². The maximum absolute atomic E-state index is 13.3. The SMILES string of the molecule is CCCNCCCC(C)Oc1ccccc1F. The molecule has 17 heavy (non-hydrogen) atoms. The fraction of sp³-hybridized carbons (Fsp3) is 0.571. The van der Waals surface area contributed by atoms with Crippen molar-refractivity contribution < 1.29 is 9.13 Å². The van der Waals surface area contributed by atoms with Gasteiger partial charge in [0, 0.05) is 0 Å². The lowest BCUT2D eigenvalue weighted by molar-refractivity contribution is 0.198. The maximum atomic E-state index is 13.3. The largest absolute Gasteiger partial charge is 0.488 e.